The van der Waals surface area contributed by atoms with E-state index in [1.165, 1.54) is 20.4 Å². The minimum Gasteiger partial charge on any atom is -0.480 e. The first-order valence-corrected chi connectivity index (χ1v) is 5.32. The quantitative estimate of drug-likeness (QED) is 0.784. The summed E-state index contributed by atoms with van der Waals surface area (Å²) in [6.07, 6.45) is -0.691. The van der Waals surface area contributed by atoms with E-state index in [-0.39, 0.29) is 23.4 Å². The summed E-state index contributed by atoms with van der Waals surface area (Å²) >= 11 is 0. The molecule has 2 N–H and O–H groups in total. The van der Waals surface area contributed by atoms with E-state index < -0.39 is 12.2 Å². The first-order valence-electron chi connectivity index (χ1n) is 5.32. The van der Waals surface area contributed by atoms with E-state index in [0.29, 0.717) is 0 Å². The summed E-state index contributed by atoms with van der Waals surface area (Å²) in [5, 5.41) is 19.8. The minimum absolute atomic E-state index is 0.0985. The molecule has 0 fully saturated rings. The maximum atomic E-state index is 9.96. The molecule has 2 atom stereocenters. The predicted octanol–water partition coefficient (Wildman–Crippen LogP) is 0.544. The van der Waals surface area contributed by atoms with Crippen molar-refractivity contribution in [3.63, 3.8) is 0 Å². The number of aliphatic hydroxyl groups excluding tert-OH is 2. The molecule has 96 valence electrons. The van der Waals surface area contributed by atoms with Gasteiger partial charge in [0, 0.05) is 0 Å². The van der Waals surface area contributed by atoms with E-state index in [9.17, 15) is 10.2 Å². The van der Waals surface area contributed by atoms with Gasteiger partial charge in [0.05, 0.1) is 26.5 Å². The Kier molecular flexibility index (Phi) is 4.65. The Balaban J connectivity index is 3.04. The van der Waals surface area contributed by atoms with Crippen LogP contribution < -0.4 is 9.47 Å². The molecule has 1 rings (SSSR count). The highest BCUT2D eigenvalue weighted by atomic mass is 16.5. The van der Waals surface area contributed by atoms with E-state index in [1.807, 2.05) is 0 Å². The molecule has 0 radical (unpaired) electrons. The highest BCUT2D eigenvalue weighted by Crippen LogP contribution is 2.27. The van der Waals surface area contributed by atoms with Crippen molar-refractivity contribution in [3.05, 3.63) is 11.9 Å². The molecule has 0 aliphatic heterocycles. The molecule has 1 aromatic heterocycles. The Morgan fingerprint density at radius 2 is 1.82 bits per heavy atom. The van der Waals surface area contributed by atoms with Gasteiger partial charge in [0.25, 0.3) is 0 Å². The van der Waals surface area contributed by atoms with Gasteiger partial charge in [0.15, 0.2) is 0 Å². The molecule has 2 unspecified atom stereocenters. The normalized spacial score (nSPS) is 14.5. The Morgan fingerprint density at radius 3 is 2.29 bits per heavy atom. The first-order chi connectivity index (χ1) is 8.01. The second-order valence-electron chi connectivity index (χ2n) is 3.99. The fraction of sp³-hybridized carbons (Fsp3) is 0.636. The van der Waals surface area contributed by atoms with Gasteiger partial charge in [-0.15, -0.1) is 0 Å². The van der Waals surface area contributed by atoms with Crippen LogP contribution >= 0.6 is 0 Å². The zero-order chi connectivity index (χ0) is 13.0. The zero-order valence-electron chi connectivity index (χ0n) is 10.4. The van der Waals surface area contributed by atoms with Crippen molar-refractivity contribution in [2.45, 2.75) is 26.1 Å². The number of ether oxygens (including phenoxy) is 2. The average Bonchev–Trinajstić information content (AvgIpc) is 2.35. The van der Waals surface area contributed by atoms with Crippen LogP contribution in [0.15, 0.2) is 6.20 Å². The maximum Gasteiger partial charge on any atom is 0.241 e. The summed E-state index contributed by atoms with van der Waals surface area (Å²) in [5.74, 6) is 0.340. The second kappa shape index (κ2) is 5.79. The third-order valence-electron chi connectivity index (χ3n) is 2.43. The monoisotopic (exact) mass is 242 g/mol. The van der Waals surface area contributed by atoms with Gasteiger partial charge in [-0.05, 0) is 5.92 Å². The van der Waals surface area contributed by atoms with Gasteiger partial charge in [-0.3, -0.25) is 0 Å². The second-order valence-corrected chi connectivity index (χ2v) is 3.99. The van der Waals surface area contributed by atoms with Crippen molar-refractivity contribution in [1.29, 1.82) is 0 Å². The predicted molar refractivity (Wildman–Crippen MR) is 60.9 cm³/mol. The lowest BCUT2D eigenvalue weighted by atomic mass is 10.00. The van der Waals surface area contributed by atoms with Crippen LogP contribution in [-0.4, -0.2) is 40.5 Å². The third kappa shape index (κ3) is 3.04. The Morgan fingerprint density at radius 1 is 1.18 bits per heavy atom. The largest absolute Gasteiger partial charge is 0.480 e. The molecule has 1 aromatic rings. The fourth-order valence-corrected chi connectivity index (χ4v) is 1.34. The number of methoxy groups -OCH3 is 2. The molecular formula is C11H18N2O4. The molecule has 0 aromatic carbocycles. The van der Waals surface area contributed by atoms with Crippen LogP contribution in [-0.2, 0) is 0 Å². The van der Waals surface area contributed by atoms with Crippen molar-refractivity contribution >= 4 is 0 Å². The topological polar surface area (TPSA) is 84.7 Å². The number of nitrogens with zero attached hydrogens (tertiary/aromatic N) is 2. The molecule has 0 aliphatic carbocycles. The fourth-order valence-electron chi connectivity index (χ4n) is 1.34. The SMILES string of the molecule is COc1cnc(C(O)C(O)C(C)C)c(OC)n1. The van der Waals surface area contributed by atoms with E-state index in [0.717, 1.165) is 0 Å². The van der Waals surface area contributed by atoms with Gasteiger partial charge in [-0.25, -0.2) is 4.98 Å². The van der Waals surface area contributed by atoms with Crippen LogP contribution in [0, 0.1) is 5.92 Å². The minimum atomic E-state index is -1.14. The molecule has 0 amide bonds. The number of hydrogen-bond acceptors (Lipinski definition) is 6. The molecular weight excluding hydrogens is 224 g/mol. The van der Waals surface area contributed by atoms with Crippen LogP contribution in [0.25, 0.3) is 0 Å². The maximum absolute atomic E-state index is 9.96. The number of hydrogen-bond donors (Lipinski definition) is 2. The third-order valence-corrected chi connectivity index (χ3v) is 2.43. The smallest absolute Gasteiger partial charge is 0.241 e. The summed E-state index contributed by atoms with van der Waals surface area (Å²) in [4.78, 5) is 8.00. The van der Waals surface area contributed by atoms with E-state index >= 15 is 0 Å². The highest BCUT2D eigenvalue weighted by Gasteiger charge is 2.26. The summed E-state index contributed by atoms with van der Waals surface area (Å²) in [6.45, 7) is 3.61. The molecule has 6 nitrogen and oxygen atoms in total. The number of aliphatic hydroxyl groups is 2. The van der Waals surface area contributed by atoms with Gasteiger partial charge in [-0.2, -0.15) is 4.98 Å². The average molecular weight is 242 g/mol. The lowest BCUT2D eigenvalue weighted by Crippen LogP contribution is -2.25. The van der Waals surface area contributed by atoms with Gasteiger partial charge in [0.1, 0.15) is 11.8 Å². The molecule has 0 aliphatic rings. The molecule has 0 saturated carbocycles. The van der Waals surface area contributed by atoms with Crippen molar-refractivity contribution in [2.75, 3.05) is 14.2 Å². The van der Waals surface area contributed by atoms with Crippen LogP contribution in [0.5, 0.6) is 11.8 Å². The molecule has 1 heterocycles. The van der Waals surface area contributed by atoms with Crippen LogP contribution in [0.4, 0.5) is 0 Å². The summed E-state index contributed by atoms with van der Waals surface area (Å²) in [6, 6.07) is 0. The molecule has 0 saturated heterocycles. The summed E-state index contributed by atoms with van der Waals surface area (Å²) < 4.78 is 9.92. The van der Waals surface area contributed by atoms with Crippen molar-refractivity contribution in [3.8, 4) is 11.8 Å². The van der Waals surface area contributed by atoms with Crippen molar-refractivity contribution in [1.82, 2.24) is 9.97 Å². The molecule has 6 heteroatoms. The van der Waals surface area contributed by atoms with Crippen molar-refractivity contribution in [2.24, 2.45) is 5.92 Å². The number of rotatable bonds is 5. The van der Waals surface area contributed by atoms with Gasteiger partial charge in [-0.1, -0.05) is 13.8 Å². The van der Waals surface area contributed by atoms with E-state index in [4.69, 9.17) is 9.47 Å². The highest BCUT2D eigenvalue weighted by molar-refractivity contribution is 5.25. The van der Waals surface area contributed by atoms with Gasteiger partial charge in [0.2, 0.25) is 11.8 Å². The molecule has 17 heavy (non-hydrogen) atoms. The molecule has 0 bridgehead atoms. The zero-order valence-corrected chi connectivity index (χ0v) is 10.4. The van der Waals surface area contributed by atoms with E-state index in [1.54, 1.807) is 13.8 Å². The first kappa shape index (κ1) is 13.7. The Bertz CT molecular complexity index is 370. The van der Waals surface area contributed by atoms with Gasteiger partial charge < -0.3 is 19.7 Å². The molecule has 0 spiro atoms. The van der Waals surface area contributed by atoms with Crippen molar-refractivity contribution < 1.29 is 19.7 Å². The van der Waals surface area contributed by atoms with Crippen LogP contribution in [0.2, 0.25) is 0 Å². The van der Waals surface area contributed by atoms with Crippen LogP contribution in [0.1, 0.15) is 25.6 Å². The van der Waals surface area contributed by atoms with Gasteiger partial charge >= 0.3 is 0 Å². The van der Waals surface area contributed by atoms with E-state index in [2.05, 4.69) is 9.97 Å². The number of aromatic nitrogens is 2. The lowest BCUT2D eigenvalue weighted by Gasteiger charge is -2.21. The van der Waals surface area contributed by atoms with Crippen LogP contribution in [0.3, 0.4) is 0 Å². The Hall–Kier alpha value is -1.40. The summed E-state index contributed by atoms with van der Waals surface area (Å²) in [5.41, 5.74) is 0.203. The standard InChI is InChI=1S/C11H18N2O4/c1-6(2)9(14)10(15)8-11(17-4)13-7(16-3)5-12-8/h5-6,9-10,14-15H,1-4H3. The Labute approximate surface area is 100 Å². The lowest BCUT2D eigenvalue weighted by molar-refractivity contribution is -0.0132. The summed E-state index contributed by atoms with van der Waals surface area (Å²) in [7, 11) is 2.88.